The van der Waals surface area contributed by atoms with Crippen molar-refractivity contribution in [2.75, 3.05) is 33.8 Å². The minimum Gasteiger partial charge on any atom is -0.488 e. The second-order valence-corrected chi connectivity index (χ2v) is 9.22. The lowest BCUT2D eigenvalue weighted by molar-refractivity contribution is -0.137. The fourth-order valence-electron chi connectivity index (χ4n) is 3.74. The van der Waals surface area contributed by atoms with Crippen LogP contribution in [-0.2, 0) is 9.59 Å². The van der Waals surface area contributed by atoms with E-state index in [-0.39, 0.29) is 24.3 Å². The average Bonchev–Trinajstić information content (AvgIpc) is 2.73. The Bertz CT molecular complexity index is 929. The number of rotatable bonds is 13. The monoisotopic (exact) mass is 440 g/mol. The number of allylic oxidation sites excluding steroid dienone is 1. The molecule has 2 aromatic carbocycles. The highest BCUT2D eigenvalue weighted by atomic mass is 16.5. The summed E-state index contributed by atoms with van der Waals surface area (Å²) >= 11 is 0. The number of hydrogen-bond acceptors (Lipinski definition) is 4. The Hall–Kier alpha value is -2.86. The van der Waals surface area contributed by atoms with Crippen molar-refractivity contribution < 1.29 is 19.4 Å². The third-order valence-electron chi connectivity index (χ3n) is 5.13. The van der Waals surface area contributed by atoms with E-state index in [0.717, 1.165) is 23.1 Å². The molecule has 0 aliphatic carbocycles. The Kier molecular flexibility index (Phi) is 9.72. The second-order valence-electron chi connectivity index (χ2n) is 9.22. The van der Waals surface area contributed by atoms with Crippen molar-refractivity contribution in [3.8, 4) is 5.75 Å². The number of unbranched alkanes of at least 4 members (excludes halogenated alkanes) is 2. The number of aliphatic carboxylic acids is 1. The molecular formula is C26H36N2O4. The largest absolute Gasteiger partial charge is 0.488 e. The predicted molar refractivity (Wildman–Crippen MR) is 129 cm³/mol. The highest BCUT2D eigenvalue weighted by Crippen LogP contribution is 2.25. The van der Waals surface area contributed by atoms with Gasteiger partial charge >= 0.3 is 5.97 Å². The number of amides is 1. The first kappa shape index (κ1) is 25.4. The molecule has 32 heavy (non-hydrogen) atoms. The van der Waals surface area contributed by atoms with Crippen LogP contribution in [0, 0.1) is 5.41 Å². The van der Waals surface area contributed by atoms with Crippen LogP contribution in [0.4, 0.5) is 0 Å². The van der Waals surface area contributed by atoms with Gasteiger partial charge in [0.1, 0.15) is 12.4 Å². The molecule has 2 aromatic rings. The van der Waals surface area contributed by atoms with Crippen LogP contribution in [0.5, 0.6) is 5.75 Å². The first-order valence-electron chi connectivity index (χ1n) is 11.1. The van der Waals surface area contributed by atoms with E-state index in [1.165, 1.54) is 0 Å². The van der Waals surface area contributed by atoms with Crippen LogP contribution in [0.15, 0.2) is 54.1 Å². The van der Waals surface area contributed by atoms with Crippen molar-refractivity contribution >= 4 is 22.6 Å². The first-order chi connectivity index (χ1) is 15.2. The summed E-state index contributed by atoms with van der Waals surface area (Å²) < 4.78 is 6.06. The van der Waals surface area contributed by atoms with Crippen LogP contribution in [0.25, 0.3) is 10.8 Å². The molecule has 0 aliphatic heterocycles. The van der Waals surface area contributed by atoms with Crippen LogP contribution in [0.1, 0.15) is 39.5 Å². The van der Waals surface area contributed by atoms with Gasteiger partial charge in [0.2, 0.25) is 5.91 Å². The zero-order valence-electron chi connectivity index (χ0n) is 19.7. The number of carbonyl (C=O) groups excluding carboxylic acids is 1. The molecule has 0 bridgehead atoms. The Labute approximate surface area is 191 Å². The quantitative estimate of drug-likeness (QED) is 0.354. The number of nitrogens with zero attached hydrogens (tertiary/aromatic N) is 1. The minimum absolute atomic E-state index is 0.0672. The van der Waals surface area contributed by atoms with E-state index in [0.29, 0.717) is 31.4 Å². The molecule has 0 atom stereocenters. The summed E-state index contributed by atoms with van der Waals surface area (Å²) in [4.78, 5) is 25.8. The molecule has 0 aliphatic rings. The zero-order valence-corrected chi connectivity index (χ0v) is 19.7. The van der Waals surface area contributed by atoms with Gasteiger partial charge in [-0.15, -0.1) is 0 Å². The SMILES string of the molecule is CN(C)CC(C)(C)CNC(=O)C(=CCCCCC(=O)O)COc1cccc2ccccc12. The number of nitrogens with one attached hydrogen (secondary N) is 1. The number of ether oxygens (including phenoxy) is 1. The van der Waals surface area contributed by atoms with Crippen molar-refractivity contribution in [1.29, 1.82) is 0 Å². The molecule has 0 unspecified atom stereocenters. The molecule has 0 radical (unpaired) electrons. The summed E-state index contributed by atoms with van der Waals surface area (Å²) in [7, 11) is 4.04. The van der Waals surface area contributed by atoms with Gasteiger partial charge < -0.3 is 20.1 Å². The van der Waals surface area contributed by atoms with Crippen LogP contribution in [-0.4, -0.2) is 55.7 Å². The summed E-state index contributed by atoms with van der Waals surface area (Å²) in [5, 5.41) is 14.0. The molecule has 2 N–H and O–H groups in total. The topological polar surface area (TPSA) is 78.9 Å². The van der Waals surface area contributed by atoms with E-state index in [9.17, 15) is 9.59 Å². The van der Waals surface area contributed by atoms with Crippen LogP contribution in [0.2, 0.25) is 0 Å². The fourth-order valence-corrected chi connectivity index (χ4v) is 3.74. The van der Waals surface area contributed by atoms with Crippen molar-refractivity contribution in [2.45, 2.75) is 39.5 Å². The lowest BCUT2D eigenvalue weighted by Gasteiger charge is -2.28. The van der Waals surface area contributed by atoms with E-state index in [4.69, 9.17) is 9.84 Å². The molecule has 6 heteroatoms. The van der Waals surface area contributed by atoms with Crippen molar-refractivity contribution in [1.82, 2.24) is 10.2 Å². The van der Waals surface area contributed by atoms with Gasteiger partial charge in [0, 0.05) is 24.9 Å². The molecule has 0 heterocycles. The maximum atomic E-state index is 13.0. The Morgan fingerprint density at radius 3 is 2.53 bits per heavy atom. The molecule has 0 fully saturated rings. The van der Waals surface area contributed by atoms with Gasteiger partial charge in [-0.1, -0.05) is 56.3 Å². The summed E-state index contributed by atoms with van der Waals surface area (Å²) in [5.41, 5.74) is 0.497. The van der Waals surface area contributed by atoms with Crippen LogP contribution in [0.3, 0.4) is 0 Å². The summed E-state index contributed by atoms with van der Waals surface area (Å²) in [6.07, 6.45) is 3.95. The van der Waals surface area contributed by atoms with Gasteiger partial charge in [0.05, 0.1) is 5.57 Å². The van der Waals surface area contributed by atoms with E-state index in [1.54, 1.807) is 0 Å². The number of benzene rings is 2. The second kappa shape index (κ2) is 12.2. The molecule has 0 saturated carbocycles. The minimum atomic E-state index is -0.797. The van der Waals surface area contributed by atoms with Crippen LogP contribution >= 0.6 is 0 Å². The average molecular weight is 441 g/mol. The summed E-state index contributed by atoms with van der Waals surface area (Å²) in [6.45, 7) is 5.81. The Balaban J connectivity index is 2.07. The summed E-state index contributed by atoms with van der Waals surface area (Å²) in [6, 6.07) is 13.9. The van der Waals surface area contributed by atoms with Crippen molar-refractivity contribution in [3.05, 3.63) is 54.1 Å². The number of carboxylic acids is 1. The third-order valence-corrected chi connectivity index (χ3v) is 5.13. The highest BCUT2D eigenvalue weighted by molar-refractivity contribution is 5.94. The van der Waals surface area contributed by atoms with Gasteiger partial charge in [-0.2, -0.15) is 0 Å². The fraction of sp³-hybridized carbons (Fsp3) is 0.462. The Morgan fingerprint density at radius 2 is 1.81 bits per heavy atom. The molecule has 1 amide bonds. The highest BCUT2D eigenvalue weighted by Gasteiger charge is 2.21. The molecule has 0 aromatic heterocycles. The van der Waals surface area contributed by atoms with Gasteiger partial charge in [0.25, 0.3) is 0 Å². The van der Waals surface area contributed by atoms with E-state index >= 15 is 0 Å². The molecule has 2 rings (SSSR count). The van der Waals surface area contributed by atoms with Gasteiger partial charge in [-0.3, -0.25) is 9.59 Å². The predicted octanol–water partition coefficient (Wildman–Crippen LogP) is 4.49. The molecule has 0 saturated heterocycles. The number of fused-ring (bicyclic) bond motifs is 1. The zero-order chi connectivity index (χ0) is 23.6. The standard InChI is InChI=1S/C26H36N2O4/c1-26(2,19-28(3)4)18-27-25(31)21(12-6-5-7-16-24(29)30)17-32-23-15-10-13-20-11-8-9-14-22(20)23/h8-15H,5-7,16-19H2,1-4H3,(H,27,31)(H,29,30). The normalized spacial score (nSPS) is 12.2. The van der Waals surface area contributed by atoms with Gasteiger partial charge in [-0.05, 0) is 50.2 Å². The van der Waals surface area contributed by atoms with Crippen molar-refractivity contribution in [2.24, 2.45) is 5.41 Å². The molecule has 6 nitrogen and oxygen atoms in total. The van der Waals surface area contributed by atoms with Crippen LogP contribution < -0.4 is 10.1 Å². The van der Waals surface area contributed by atoms with Gasteiger partial charge in [0.15, 0.2) is 0 Å². The number of carbonyl (C=O) groups is 2. The van der Waals surface area contributed by atoms with E-state index in [1.807, 2.05) is 62.6 Å². The lowest BCUT2D eigenvalue weighted by Crippen LogP contribution is -2.40. The molecule has 0 spiro atoms. The van der Waals surface area contributed by atoms with E-state index in [2.05, 4.69) is 24.1 Å². The lowest BCUT2D eigenvalue weighted by atomic mass is 9.93. The Morgan fingerprint density at radius 1 is 1.09 bits per heavy atom. The third kappa shape index (κ3) is 8.71. The number of carboxylic acid groups (broad SMARTS) is 1. The van der Waals surface area contributed by atoms with Gasteiger partial charge in [-0.25, -0.2) is 0 Å². The maximum absolute atomic E-state index is 13.0. The summed E-state index contributed by atoms with van der Waals surface area (Å²) in [5.74, 6) is -0.203. The first-order valence-corrected chi connectivity index (χ1v) is 11.1. The number of hydrogen-bond donors (Lipinski definition) is 2. The maximum Gasteiger partial charge on any atom is 0.303 e. The molecular weight excluding hydrogens is 404 g/mol. The smallest absolute Gasteiger partial charge is 0.303 e. The van der Waals surface area contributed by atoms with E-state index < -0.39 is 5.97 Å². The van der Waals surface area contributed by atoms with Crippen molar-refractivity contribution in [3.63, 3.8) is 0 Å². The molecule has 174 valence electrons.